The van der Waals surface area contributed by atoms with Gasteiger partial charge in [-0.25, -0.2) is 0 Å². The van der Waals surface area contributed by atoms with Crippen LogP contribution in [-0.2, 0) is 4.79 Å². The van der Waals surface area contributed by atoms with Gasteiger partial charge in [-0.3, -0.25) is 24.7 Å². The number of nitrogens with zero attached hydrogens (tertiary/aromatic N) is 5. The van der Waals surface area contributed by atoms with E-state index in [0.717, 1.165) is 16.3 Å². The lowest BCUT2D eigenvalue weighted by Crippen LogP contribution is -2.38. The number of carbonyl (C=O) groups excluding carboxylic acids is 1. The topological polar surface area (TPSA) is 90.4 Å². The van der Waals surface area contributed by atoms with E-state index in [-0.39, 0.29) is 17.7 Å². The van der Waals surface area contributed by atoms with Crippen molar-refractivity contribution in [1.82, 2.24) is 4.90 Å². The Hall–Kier alpha value is -3.89. The van der Waals surface area contributed by atoms with Crippen LogP contribution in [0.15, 0.2) is 57.3 Å². The molecule has 2 aromatic carbocycles. The Bertz CT molecular complexity index is 1300. The van der Waals surface area contributed by atoms with Gasteiger partial charge in [0.15, 0.2) is 0 Å². The van der Waals surface area contributed by atoms with Gasteiger partial charge in [-0.15, -0.1) is 0 Å². The van der Waals surface area contributed by atoms with Gasteiger partial charge in [0, 0.05) is 36.7 Å². The third-order valence-electron chi connectivity index (χ3n) is 5.85. The van der Waals surface area contributed by atoms with Crippen LogP contribution in [0.25, 0.3) is 16.8 Å². The summed E-state index contributed by atoms with van der Waals surface area (Å²) in [5.74, 6) is 0.624. The molecule has 0 N–H and O–H groups in total. The number of ketones is 1. The highest BCUT2D eigenvalue weighted by atomic mass is 16.5. The number of benzene rings is 2. The van der Waals surface area contributed by atoms with Crippen LogP contribution >= 0.6 is 0 Å². The maximum absolute atomic E-state index is 12.6. The van der Waals surface area contributed by atoms with Crippen LogP contribution in [0.3, 0.4) is 0 Å². The molecule has 0 amide bonds. The first-order chi connectivity index (χ1) is 15.6. The lowest BCUT2D eigenvalue weighted by Gasteiger charge is -2.22. The molecule has 32 heavy (non-hydrogen) atoms. The van der Waals surface area contributed by atoms with Gasteiger partial charge in [-0.05, 0) is 41.3 Å². The number of rotatable bonds is 0. The number of allylic oxidation sites excluding steroid dienone is 2. The van der Waals surface area contributed by atoms with Crippen LogP contribution in [0.4, 0.5) is 5.69 Å². The highest BCUT2D eigenvalue weighted by molar-refractivity contribution is 6.04. The summed E-state index contributed by atoms with van der Waals surface area (Å²) in [6.45, 7) is 3.06. The number of hydrogen-bond donors (Lipinski definition) is 0. The average Bonchev–Trinajstić information content (AvgIpc) is 3.18. The highest BCUT2D eigenvalue weighted by Crippen LogP contribution is 2.37. The molecule has 0 fully saturated rings. The number of fused-ring (bicyclic) bond motifs is 4. The number of nitriles is 1. The second-order valence-electron chi connectivity index (χ2n) is 8.09. The first-order valence-corrected chi connectivity index (χ1v) is 10.5. The second kappa shape index (κ2) is 8.33. The molecule has 7 nitrogen and oxygen atoms in total. The summed E-state index contributed by atoms with van der Waals surface area (Å²) >= 11 is 0. The molecular weight excluding hydrogens is 402 g/mol. The van der Waals surface area contributed by atoms with Crippen molar-refractivity contribution in [2.24, 2.45) is 20.9 Å². The summed E-state index contributed by atoms with van der Waals surface area (Å²) in [6, 6.07) is 9.84. The van der Waals surface area contributed by atoms with E-state index >= 15 is 0 Å². The second-order valence-corrected chi connectivity index (χ2v) is 8.09. The Labute approximate surface area is 185 Å². The molecule has 2 atom stereocenters. The van der Waals surface area contributed by atoms with E-state index in [1.54, 1.807) is 18.6 Å². The molecule has 2 aromatic rings. The van der Waals surface area contributed by atoms with Crippen molar-refractivity contribution in [2.75, 3.05) is 13.2 Å². The molecular formula is C25H21N5O2. The van der Waals surface area contributed by atoms with Gasteiger partial charge in [0.2, 0.25) is 0 Å². The van der Waals surface area contributed by atoms with Crippen LogP contribution in [0.5, 0.6) is 5.75 Å². The number of carbonyl (C=O) groups is 1. The normalized spacial score (nSPS) is 22.6. The number of aliphatic imine (C=N–C) groups is 3. The molecule has 7 heteroatoms. The maximum atomic E-state index is 12.6. The molecule has 3 heterocycles. The molecule has 3 aliphatic heterocycles. The van der Waals surface area contributed by atoms with Crippen LogP contribution in [0.2, 0.25) is 0 Å². The van der Waals surface area contributed by atoms with Crippen molar-refractivity contribution in [2.45, 2.75) is 19.4 Å². The lowest BCUT2D eigenvalue weighted by atomic mass is 9.98. The van der Waals surface area contributed by atoms with E-state index in [4.69, 9.17) is 4.74 Å². The van der Waals surface area contributed by atoms with Crippen molar-refractivity contribution in [3.05, 3.63) is 53.4 Å². The first-order valence-electron chi connectivity index (χ1n) is 10.5. The molecule has 0 aromatic heterocycles. The molecule has 158 valence electrons. The molecule has 0 spiro atoms. The van der Waals surface area contributed by atoms with E-state index in [0.29, 0.717) is 42.3 Å². The van der Waals surface area contributed by atoms with Gasteiger partial charge in [0.05, 0.1) is 42.1 Å². The molecule has 3 aliphatic rings. The van der Waals surface area contributed by atoms with Crippen LogP contribution < -0.4 is 4.74 Å². The standard InChI is InChI=1S/C25H21N5O2/c1-16-14-30-15-27-12-20(30)13-28-19-8-18-7-17-4-5-21(32-6-2-3-24(16)31)9-22(17)25(29-11-19)23(18)10-26/h2,4-9,11-13,16,20H,3,14-15H2,1H3/t16-,20?/m0/s1. The van der Waals surface area contributed by atoms with Crippen LogP contribution in [0, 0.1) is 17.2 Å². The summed E-state index contributed by atoms with van der Waals surface area (Å²) in [4.78, 5) is 28.3. The van der Waals surface area contributed by atoms with Crippen molar-refractivity contribution in [3.8, 4) is 11.8 Å². The largest absolute Gasteiger partial charge is 0.465 e. The average molecular weight is 423 g/mol. The number of Topliss-reactive ketones (excluding diaryl/α,β-unsaturated/α-hetero) is 1. The summed E-state index contributed by atoms with van der Waals surface area (Å²) in [7, 11) is 0. The molecule has 5 bridgehead atoms. The SMILES string of the molecule is C[C@H]1CN2CN=CC2C=NC2=Cc3cc4ccc(cc4c(c3C#N)N=C2)OC=CCC1=O. The smallest absolute Gasteiger partial charge is 0.140 e. The predicted molar refractivity (Wildman–Crippen MR) is 126 cm³/mol. The van der Waals surface area contributed by atoms with Crippen molar-refractivity contribution < 1.29 is 9.53 Å². The zero-order valence-corrected chi connectivity index (χ0v) is 17.6. The minimum atomic E-state index is -0.137. The Morgan fingerprint density at radius 3 is 3.00 bits per heavy atom. The highest BCUT2D eigenvalue weighted by Gasteiger charge is 2.24. The van der Waals surface area contributed by atoms with Gasteiger partial charge in [-0.2, -0.15) is 5.26 Å². The van der Waals surface area contributed by atoms with Crippen molar-refractivity contribution in [1.29, 1.82) is 5.26 Å². The van der Waals surface area contributed by atoms with Crippen LogP contribution in [0.1, 0.15) is 24.5 Å². The minimum absolute atomic E-state index is 0.0965. The fourth-order valence-corrected chi connectivity index (χ4v) is 4.08. The molecule has 0 saturated carbocycles. The predicted octanol–water partition coefficient (Wildman–Crippen LogP) is 4.05. The van der Waals surface area contributed by atoms with Gasteiger partial charge < -0.3 is 4.74 Å². The lowest BCUT2D eigenvalue weighted by molar-refractivity contribution is -0.122. The quantitative estimate of drug-likeness (QED) is 0.639. The van der Waals surface area contributed by atoms with Crippen molar-refractivity contribution >= 4 is 47.0 Å². The Morgan fingerprint density at radius 1 is 1.22 bits per heavy atom. The fraction of sp³-hybridized carbons (Fsp3) is 0.240. The molecule has 0 radical (unpaired) electrons. The third-order valence-corrected chi connectivity index (χ3v) is 5.85. The summed E-state index contributed by atoms with van der Waals surface area (Å²) in [5.41, 5.74) is 2.54. The van der Waals surface area contributed by atoms with E-state index < -0.39 is 0 Å². The van der Waals surface area contributed by atoms with Gasteiger partial charge in [0.25, 0.3) is 0 Å². The maximum Gasteiger partial charge on any atom is 0.140 e. The third kappa shape index (κ3) is 3.77. The number of ether oxygens (including phenoxy) is 1. The summed E-state index contributed by atoms with van der Waals surface area (Å²) in [5, 5.41) is 11.6. The zero-order valence-electron chi connectivity index (χ0n) is 17.6. The Kier molecular flexibility index (Phi) is 5.21. The molecule has 5 rings (SSSR count). The van der Waals surface area contributed by atoms with Gasteiger partial charge in [-0.1, -0.05) is 13.0 Å². The Balaban J connectivity index is 1.62. The summed E-state index contributed by atoms with van der Waals surface area (Å²) < 4.78 is 5.75. The number of hydrogen-bond acceptors (Lipinski definition) is 7. The van der Waals surface area contributed by atoms with Crippen LogP contribution in [-0.4, -0.2) is 48.6 Å². The minimum Gasteiger partial charge on any atom is -0.465 e. The molecule has 0 saturated heterocycles. The van der Waals surface area contributed by atoms with Gasteiger partial charge >= 0.3 is 0 Å². The van der Waals surface area contributed by atoms with E-state index in [2.05, 4.69) is 25.9 Å². The van der Waals surface area contributed by atoms with E-state index in [1.165, 1.54) is 0 Å². The first kappa shape index (κ1) is 20.0. The van der Waals surface area contributed by atoms with E-state index in [9.17, 15) is 10.1 Å². The summed E-state index contributed by atoms with van der Waals surface area (Å²) in [6.07, 6.45) is 10.8. The van der Waals surface area contributed by atoms with Gasteiger partial charge in [0.1, 0.15) is 17.6 Å². The zero-order chi connectivity index (χ0) is 22.1. The Morgan fingerprint density at radius 2 is 2.12 bits per heavy atom. The van der Waals surface area contributed by atoms with E-state index in [1.807, 2.05) is 49.7 Å². The molecule has 0 aliphatic carbocycles. The van der Waals surface area contributed by atoms with Crippen molar-refractivity contribution in [3.63, 3.8) is 0 Å². The monoisotopic (exact) mass is 423 g/mol. The fourth-order valence-electron chi connectivity index (χ4n) is 4.08. The molecule has 1 unspecified atom stereocenters.